The van der Waals surface area contributed by atoms with Crippen molar-refractivity contribution in [2.24, 2.45) is 16.0 Å². The molecule has 1 aliphatic rings. The molecule has 0 saturated carbocycles. The number of thiazole rings is 1. The Bertz CT molecular complexity index is 1660. The second-order valence-electron chi connectivity index (χ2n) is 9.63. The fourth-order valence-electron chi connectivity index (χ4n) is 4.42. The van der Waals surface area contributed by atoms with Gasteiger partial charge in [0, 0.05) is 35.2 Å². The molecule has 4 aromatic rings. The van der Waals surface area contributed by atoms with E-state index in [0.29, 0.717) is 28.3 Å². The van der Waals surface area contributed by atoms with E-state index in [0.717, 1.165) is 28.1 Å². The molecule has 192 valence electrons. The van der Waals surface area contributed by atoms with Gasteiger partial charge in [-0.2, -0.15) is 5.10 Å². The lowest BCUT2D eigenvalue weighted by Gasteiger charge is -2.18. The molecule has 9 heteroatoms. The van der Waals surface area contributed by atoms with Crippen molar-refractivity contribution in [2.45, 2.75) is 27.7 Å². The molecule has 2 heterocycles. The van der Waals surface area contributed by atoms with Crippen LogP contribution in [-0.2, 0) is 4.79 Å². The quantitative estimate of drug-likeness (QED) is 0.221. The summed E-state index contributed by atoms with van der Waals surface area (Å²) in [5.41, 5.74) is 6.05. The van der Waals surface area contributed by atoms with Gasteiger partial charge in [-0.3, -0.25) is 14.9 Å². The molecule has 8 nitrogen and oxygen atoms in total. The summed E-state index contributed by atoms with van der Waals surface area (Å²) in [6, 6.07) is 19.9. The summed E-state index contributed by atoms with van der Waals surface area (Å²) in [5.74, 6) is 0.0942. The number of non-ortho nitro benzene ring substituents is 1. The van der Waals surface area contributed by atoms with Crippen molar-refractivity contribution in [3.8, 4) is 11.3 Å². The van der Waals surface area contributed by atoms with Gasteiger partial charge in [-0.1, -0.05) is 56.3 Å². The molecule has 0 spiro atoms. The Balaban J connectivity index is 1.75. The van der Waals surface area contributed by atoms with E-state index in [9.17, 15) is 14.9 Å². The molecule has 1 aliphatic heterocycles. The largest absolute Gasteiger partial charge is 0.306 e. The summed E-state index contributed by atoms with van der Waals surface area (Å²) in [5, 5.41) is 18.2. The number of hydrogen-bond donors (Lipinski definition) is 0. The number of rotatable bonds is 6. The average molecular weight is 526 g/mol. The minimum Gasteiger partial charge on any atom is -0.306 e. The van der Waals surface area contributed by atoms with E-state index >= 15 is 0 Å². The van der Waals surface area contributed by atoms with Crippen LogP contribution in [0, 0.1) is 29.9 Å². The summed E-state index contributed by atoms with van der Waals surface area (Å²) >= 11 is 1.37. The first kappa shape index (κ1) is 25.3. The molecule has 0 unspecified atom stereocenters. The zero-order valence-corrected chi connectivity index (χ0v) is 22.4. The van der Waals surface area contributed by atoms with E-state index in [1.165, 1.54) is 23.5 Å². The first-order valence-electron chi connectivity index (χ1n) is 12.3. The standard InChI is InChI=1S/C29H27N5O3S/c1-18(2)16-32-25-14-6-5-12-23(25)27(28(32)35)31-33-26(21-10-8-11-22(15-21)34(36)37)17-38-29(33)30-24-13-7-9-19(3)20(24)4/h5-15,17-18H,16H2,1-4H3/b30-29?,31-27-. The van der Waals surface area contributed by atoms with Crippen LogP contribution >= 0.6 is 11.3 Å². The molecular formula is C29H27N5O3S. The molecular weight excluding hydrogens is 498 g/mol. The summed E-state index contributed by atoms with van der Waals surface area (Å²) in [6.07, 6.45) is 0. The van der Waals surface area contributed by atoms with Gasteiger partial charge < -0.3 is 4.90 Å². The van der Waals surface area contributed by atoms with Crippen LogP contribution in [0.15, 0.2) is 82.2 Å². The van der Waals surface area contributed by atoms with Crippen LogP contribution in [-0.4, -0.2) is 27.8 Å². The molecule has 0 bridgehead atoms. The lowest BCUT2D eigenvalue weighted by molar-refractivity contribution is -0.384. The number of amides is 1. The average Bonchev–Trinajstić information content (AvgIpc) is 3.41. The maximum atomic E-state index is 13.6. The van der Waals surface area contributed by atoms with Crippen molar-refractivity contribution in [3.63, 3.8) is 0 Å². The topological polar surface area (TPSA) is 93.1 Å². The zero-order chi connectivity index (χ0) is 27.0. The van der Waals surface area contributed by atoms with Gasteiger partial charge in [0.15, 0.2) is 5.71 Å². The van der Waals surface area contributed by atoms with Gasteiger partial charge in [0.2, 0.25) is 4.80 Å². The van der Waals surface area contributed by atoms with E-state index in [1.807, 2.05) is 61.7 Å². The van der Waals surface area contributed by atoms with Gasteiger partial charge in [0.1, 0.15) is 0 Å². The molecule has 3 aromatic carbocycles. The maximum absolute atomic E-state index is 13.6. The second-order valence-corrected chi connectivity index (χ2v) is 10.5. The lowest BCUT2D eigenvalue weighted by Crippen LogP contribution is -2.33. The monoisotopic (exact) mass is 525 g/mol. The number of benzene rings is 3. The third-order valence-corrected chi connectivity index (χ3v) is 7.29. The smallest absolute Gasteiger partial charge is 0.279 e. The number of carbonyl (C=O) groups excluding carboxylic acids is 1. The first-order chi connectivity index (χ1) is 18.2. The van der Waals surface area contributed by atoms with Gasteiger partial charge in [0.25, 0.3) is 11.6 Å². The Hall–Kier alpha value is -4.37. The predicted octanol–water partition coefficient (Wildman–Crippen LogP) is 6.23. The van der Waals surface area contributed by atoms with Crippen molar-refractivity contribution < 1.29 is 9.72 Å². The molecule has 1 aromatic heterocycles. The molecule has 1 amide bonds. The molecule has 0 N–H and O–H groups in total. The van der Waals surface area contributed by atoms with Crippen LogP contribution in [0.4, 0.5) is 17.1 Å². The molecule has 0 radical (unpaired) electrons. The SMILES string of the molecule is Cc1cccc(N=c2scc(-c3cccc([N+](=O)[O-])c3)n2/N=C2\C(=O)N(CC(C)C)c3ccccc32)c1C. The van der Waals surface area contributed by atoms with Gasteiger partial charge in [-0.05, 0) is 43.0 Å². The number of hydrogen-bond acceptors (Lipinski definition) is 6. The van der Waals surface area contributed by atoms with Crippen molar-refractivity contribution in [1.82, 2.24) is 4.68 Å². The van der Waals surface area contributed by atoms with Gasteiger partial charge >= 0.3 is 0 Å². The van der Waals surface area contributed by atoms with E-state index in [-0.39, 0.29) is 17.5 Å². The van der Waals surface area contributed by atoms with Crippen molar-refractivity contribution >= 4 is 40.0 Å². The number of para-hydroxylation sites is 1. The van der Waals surface area contributed by atoms with Gasteiger partial charge in [-0.15, -0.1) is 11.3 Å². The fraction of sp³-hybridized carbons (Fsp3) is 0.207. The number of nitro benzene ring substituents is 1. The van der Waals surface area contributed by atoms with Crippen LogP contribution in [0.3, 0.4) is 0 Å². The predicted molar refractivity (Wildman–Crippen MR) is 151 cm³/mol. The summed E-state index contributed by atoms with van der Waals surface area (Å²) < 4.78 is 1.63. The number of aryl methyl sites for hydroxylation is 1. The number of nitrogens with zero attached hydrogens (tertiary/aromatic N) is 5. The van der Waals surface area contributed by atoms with Crippen molar-refractivity contribution in [3.05, 3.63) is 104 Å². The highest BCUT2D eigenvalue weighted by molar-refractivity contribution is 7.07. The molecule has 0 aliphatic carbocycles. The molecule has 0 saturated heterocycles. The lowest BCUT2D eigenvalue weighted by atomic mass is 10.1. The van der Waals surface area contributed by atoms with Crippen LogP contribution in [0.25, 0.3) is 11.3 Å². The molecule has 5 rings (SSSR count). The Morgan fingerprint density at radius 1 is 1.03 bits per heavy atom. The first-order valence-corrected chi connectivity index (χ1v) is 13.2. The normalized spacial score (nSPS) is 14.6. The Kier molecular flexibility index (Phi) is 6.77. The highest BCUT2D eigenvalue weighted by Crippen LogP contribution is 2.31. The second kappa shape index (κ2) is 10.2. The number of carbonyl (C=O) groups is 1. The number of nitro groups is 1. The Morgan fingerprint density at radius 3 is 2.55 bits per heavy atom. The highest BCUT2D eigenvalue weighted by atomic mass is 32.1. The van der Waals surface area contributed by atoms with Gasteiger partial charge in [0.05, 0.1) is 22.0 Å². The Morgan fingerprint density at radius 2 is 1.79 bits per heavy atom. The third-order valence-electron chi connectivity index (χ3n) is 6.48. The summed E-state index contributed by atoms with van der Waals surface area (Å²) in [4.78, 5) is 31.9. The third kappa shape index (κ3) is 4.68. The summed E-state index contributed by atoms with van der Waals surface area (Å²) in [6.45, 7) is 8.75. The zero-order valence-electron chi connectivity index (χ0n) is 21.6. The Labute approximate surface area is 224 Å². The molecule has 0 atom stereocenters. The number of fused-ring (bicyclic) bond motifs is 1. The van der Waals surface area contributed by atoms with E-state index < -0.39 is 4.92 Å². The summed E-state index contributed by atoms with van der Waals surface area (Å²) in [7, 11) is 0. The number of anilines is 1. The van der Waals surface area contributed by atoms with Gasteiger partial charge in [-0.25, -0.2) is 9.67 Å². The van der Waals surface area contributed by atoms with Crippen LogP contribution in [0.2, 0.25) is 0 Å². The fourth-order valence-corrected chi connectivity index (χ4v) is 5.26. The van der Waals surface area contributed by atoms with Crippen LogP contribution in [0.1, 0.15) is 30.5 Å². The highest BCUT2D eigenvalue weighted by Gasteiger charge is 2.34. The minimum absolute atomic E-state index is 0.0219. The van der Waals surface area contributed by atoms with E-state index in [2.05, 4.69) is 13.8 Å². The van der Waals surface area contributed by atoms with Crippen LogP contribution in [0.5, 0.6) is 0 Å². The van der Waals surface area contributed by atoms with Crippen molar-refractivity contribution in [1.29, 1.82) is 0 Å². The molecule has 38 heavy (non-hydrogen) atoms. The maximum Gasteiger partial charge on any atom is 0.279 e. The van der Waals surface area contributed by atoms with Crippen LogP contribution < -0.4 is 9.70 Å². The van der Waals surface area contributed by atoms with Crippen molar-refractivity contribution in [2.75, 3.05) is 11.4 Å². The number of aromatic nitrogens is 1. The van der Waals surface area contributed by atoms with E-state index in [1.54, 1.807) is 21.7 Å². The minimum atomic E-state index is -0.423. The van der Waals surface area contributed by atoms with E-state index in [4.69, 9.17) is 10.1 Å². The molecule has 0 fully saturated rings.